The Labute approximate surface area is 138 Å². The number of piperazine rings is 1. The third-order valence-corrected chi connectivity index (χ3v) is 5.23. The number of carbonyl (C=O) groups is 1. The molecule has 22 heavy (non-hydrogen) atoms. The molecule has 3 rings (SSSR count). The van der Waals surface area contributed by atoms with Gasteiger partial charge in [-0.25, -0.2) is 0 Å². The minimum atomic E-state index is 0.0777. The molecule has 5 nitrogen and oxygen atoms in total. The van der Waals surface area contributed by atoms with Gasteiger partial charge in [0.1, 0.15) is 5.76 Å². The van der Waals surface area contributed by atoms with E-state index in [1.807, 2.05) is 18.7 Å². The molecule has 0 atom stereocenters. The Kier molecular flexibility index (Phi) is 4.52. The van der Waals surface area contributed by atoms with E-state index in [1.54, 1.807) is 12.1 Å². The summed E-state index contributed by atoms with van der Waals surface area (Å²) in [7, 11) is 0. The van der Waals surface area contributed by atoms with Gasteiger partial charge >= 0.3 is 0 Å². The number of halogens is 1. The van der Waals surface area contributed by atoms with E-state index in [1.165, 1.54) is 11.3 Å². The Morgan fingerprint density at radius 2 is 2.05 bits per heavy atom. The summed E-state index contributed by atoms with van der Waals surface area (Å²) in [5.74, 6) is 0.957. The SMILES string of the molecule is Cc1noc(C)c1CN1CCN(C(=O)c2ccc(Cl)s2)CC1. The number of thiophene rings is 1. The van der Waals surface area contributed by atoms with E-state index in [2.05, 4.69) is 10.1 Å². The van der Waals surface area contributed by atoms with E-state index < -0.39 is 0 Å². The van der Waals surface area contributed by atoms with Crippen molar-refractivity contribution in [1.82, 2.24) is 15.0 Å². The van der Waals surface area contributed by atoms with Crippen LogP contribution in [0, 0.1) is 13.8 Å². The van der Waals surface area contributed by atoms with Gasteiger partial charge in [0.15, 0.2) is 0 Å². The molecule has 1 aliphatic rings. The van der Waals surface area contributed by atoms with Crippen molar-refractivity contribution in [3.63, 3.8) is 0 Å². The normalized spacial score (nSPS) is 16.2. The van der Waals surface area contributed by atoms with Gasteiger partial charge in [-0.1, -0.05) is 16.8 Å². The van der Waals surface area contributed by atoms with E-state index in [0.717, 1.165) is 49.7 Å². The average Bonchev–Trinajstić information content (AvgIpc) is 3.08. The van der Waals surface area contributed by atoms with Crippen molar-refractivity contribution >= 4 is 28.8 Å². The van der Waals surface area contributed by atoms with E-state index in [-0.39, 0.29) is 5.91 Å². The summed E-state index contributed by atoms with van der Waals surface area (Å²) in [6.07, 6.45) is 0. The minimum Gasteiger partial charge on any atom is -0.361 e. The highest BCUT2D eigenvalue weighted by Gasteiger charge is 2.24. The number of carbonyl (C=O) groups excluding carboxylic acids is 1. The number of hydrogen-bond donors (Lipinski definition) is 0. The third kappa shape index (κ3) is 3.19. The molecule has 0 aromatic carbocycles. The van der Waals surface area contributed by atoms with Gasteiger partial charge in [-0.05, 0) is 26.0 Å². The molecule has 1 fully saturated rings. The lowest BCUT2D eigenvalue weighted by atomic mass is 10.2. The largest absolute Gasteiger partial charge is 0.361 e. The van der Waals surface area contributed by atoms with Crippen LogP contribution in [0.5, 0.6) is 0 Å². The molecular formula is C15H18ClN3O2S. The van der Waals surface area contributed by atoms with Crippen molar-refractivity contribution in [2.24, 2.45) is 0 Å². The van der Waals surface area contributed by atoms with E-state index in [4.69, 9.17) is 16.1 Å². The van der Waals surface area contributed by atoms with Crippen LogP contribution >= 0.6 is 22.9 Å². The second-order valence-corrected chi connectivity index (χ2v) is 7.19. The fourth-order valence-corrected chi connectivity index (χ4v) is 3.66. The Morgan fingerprint density at radius 1 is 1.32 bits per heavy atom. The second-order valence-electron chi connectivity index (χ2n) is 5.47. The predicted molar refractivity (Wildman–Crippen MR) is 86.5 cm³/mol. The number of aryl methyl sites for hydroxylation is 2. The molecule has 0 bridgehead atoms. The molecule has 0 N–H and O–H groups in total. The van der Waals surface area contributed by atoms with Gasteiger partial charge in [0, 0.05) is 38.3 Å². The zero-order valence-electron chi connectivity index (χ0n) is 12.6. The molecule has 0 unspecified atom stereocenters. The fraction of sp³-hybridized carbons (Fsp3) is 0.467. The first-order chi connectivity index (χ1) is 10.5. The first kappa shape index (κ1) is 15.5. The number of aromatic nitrogens is 1. The van der Waals surface area contributed by atoms with Crippen LogP contribution in [0.15, 0.2) is 16.7 Å². The lowest BCUT2D eigenvalue weighted by molar-refractivity contribution is 0.0632. The Balaban J connectivity index is 1.57. The molecule has 0 aliphatic carbocycles. The van der Waals surface area contributed by atoms with Gasteiger partial charge in [0.2, 0.25) is 0 Å². The molecule has 3 heterocycles. The monoisotopic (exact) mass is 339 g/mol. The first-order valence-electron chi connectivity index (χ1n) is 7.23. The van der Waals surface area contributed by atoms with Gasteiger partial charge in [-0.15, -0.1) is 11.3 Å². The van der Waals surface area contributed by atoms with Crippen molar-refractivity contribution in [3.05, 3.63) is 38.4 Å². The highest BCUT2D eigenvalue weighted by Crippen LogP contribution is 2.23. The zero-order valence-corrected chi connectivity index (χ0v) is 14.2. The minimum absolute atomic E-state index is 0.0777. The highest BCUT2D eigenvalue weighted by molar-refractivity contribution is 7.17. The topological polar surface area (TPSA) is 49.6 Å². The van der Waals surface area contributed by atoms with Gasteiger partial charge in [-0.3, -0.25) is 9.69 Å². The van der Waals surface area contributed by atoms with Crippen molar-refractivity contribution in [2.45, 2.75) is 20.4 Å². The quantitative estimate of drug-likeness (QED) is 0.862. The highest BCUT2D eigenvalue weighted by atomic mass is 35.5. The molecule has 1 amide bonds. The van der Waals surface area contributed by atoms with Crippen LogP contribution in [0.3, 0.4) is 0 Å². The maximum Gasteiger partial charge on any atom is 0.264 e. The van der Waals surface area contributed by atoms with Crippen molar-refractivity contribution in [2.75, 3.05) is 26.2 Å². The van der Waals surface area contributed by atoms with Crippen molar-refractivity contribution in [3.8, 4) is 0 Å². The maximum atomic E-state index is 12.4. The van der Waals surface area contributed by atoms with Crippen LogP contribution in [-0.2, 0) is 6.54 Å². The summed E-state index contributed by atoms with van der Waals surface area (Å²) < 4.78 is 5.86. The Hall–Kier alpha value is -1.37. The average molecular weight is 340 g/mol. The smallest absolute Gasteiger partial charge is 0.264 e. The third-order valence-electron chi connectivity index (χ3n) is 4.01. The molecule has 7 heteroatoms. The Morgan fingerprint density at radius 3 is 2.59 bits per heavy atom. The molecule has 0 radical (unpaired) electrons. The van der Waals surface area contributed by atoms with Crippen LogP contribution in [0.4, 0.5) is 0 Å². The van der Waals surface area contributed by atoms with Gasteiger partial charge in [-0.2, -0.15) is 0 Å². The molecule has 1 saturated heterocycles. The zero-order chi connectivity index (χ0) is 15.7. The number of hydrogen-bond acceptors (Lipinski definition) is 5. The van der Waals surface area contributed by atoms with Crippen LogP contribution in [0.2, 0.25) is 4.34 Å². The van der Waals surface area contributed by atoms with Gasteiger partial charge < -0.3 is 9.42 Å². The summed E-state index contributed by atoms with van der Waals surface area (Å²) in [4.78, 5) is 17.3. The number of nitrogens with zero attached hydrogens (tertiary/aromatic N) is 3. The first-order valence-corrected chi connectivity index (χ1v) is 8.43. The van der Waals surface area contributed by atoms with Gasteiger partial charge in [0.05, 0.1) is 14.9 Å². The summed E-state index contributed by atoms with van der Waals surface area (Å²) in [5.41, 5.74) is 2.11. The fourth-order valence-electron chi connectivity index (χ4n) is 2.65. The molecular weight excluding hydrogens is 322 g/mol. The Bertz CT molecular complexity index is 655. The van der Waals surface area contributed by atoms with Gasteiger partial charge in [0.25, 0.3) is 5.91 Å². The van der Waals surface area contributed by atoms with Crippen LogP contribution in [0.1, 0.15) is 26.7 Å². The van der Waals surface area contributed by atoms with Crippen molar-refractivity contribution in [1.29, 1.82) is 0 Å². The molecule has 2 aromatic rings. The summed E-state index contributed by atoms with van der Waals surface area (Å²) in [5, 5.41) is 3.99. The number of rotatable bonds is 3. The molecule has 0 saturated carbocycles. The lowest BCUT2D eigenvalue weighted by Crippen LogP contribution is -2.48. The van der Waals surface area contributed by atoms with E-state index in [0.29, 0.717) is 9.21 Å². The van der Waals surface area contributed by atoms with Crippen LogP contribution in [-0.4, -0.2) is 47.0 Å². The predicted octanol–water partition coefficient (Wildman–Crippen LogP) is 2.96. The van der Waals surface area contributed by atoms with E-state index in [9.17, 15) is 4.79 Å². The molecule has 118 valence electrons. The summed E-state index contributed by atoms with van der Waals surface area (Å²) in [6, 6.07) is 3.57. The lowest BCUT2D eigenvalue weighted by Gasteiger charge is -2.34. The van der Waals surface area contributed by atoms with Crippen LogP contribution in [0.25, 0.3) is 0 Å². The molecule has 0 spiro atoms. The second kappa shape index (κ2) is 6.40. The maximum absolute atomic E-state index is 12.4. The number of amides is 1. The van der Waals surface area contributed by atoms with Crippen LogP contribution < -0.4 is 0 Å². The summed E-state index contributed by atoms with van der Waals surface area (Å²) >= 11 is 7.24. The summed E-state index contributed by atoms with van der Waals surface area (Å²) in [6.45, 7) is 7.91. The van der Waals surface area contributed by atoms with E-state index >= 15 is 0 Å². The van der Waals surface area contributed by atoms with Crippen molar-refractivity contribution < 1.29 is 9.32 Å². The molecule has 1 aliphatic heterocycles. The standard InChI is InChI=1S/C15H18ClN3O2S/c1-10-12(11(2)21-17-10)9-18-5-7-19(8-6-18)15(20)13-3-4-14(16)22-13/h3-4H,5-9H2,1-2H3. The molecule has 2 aromatic heterocycles.